The number of ketones is 1. The highest BCUT2D eigenvalue weighted by Crippen LogP contribution is 2.24. The highest BCUT2D eigenvalue weighted by Gasteiger charge is 2.21. The third-order valence-electron chi connectivity index (χ3n) is 4.95. The number of rotatable bonds is 7. The minimum absolute atomic E-state index is 0.0393. The molecule has 1 saturated carbocycles. The van der Waals surface area contributed by atoms with Crippen molar-refractivity contribution in [2.75, 3.05) is 5.75 Å². The van der Waals surface area contributed by atoms with Crippen LogP contribution in [0.25, 0.3) is 0 Å². The average molecular weight is 375 g/mol. The second kappa shape index (κ2) is 8.65. The fourth-order valence-electron chi connectivity index (χ4n) is 3.50. The maximum atomic E-state index is 12.5. The number of aliphatic imine (C=N–C) groups is 1. The van der Waals surface area contributed by atoms with Gasteiger partial charge in [0.05, 0.1) is 5.75 Å². The number of ether oxygens (including phenoxy) is 1. The van der Waals surface area contributed by atoms with Gasteiger partial charge in [-0.25, -0.2) is 8.42 Å². The molecule has 26 heavy (non-hydrogen) atoms. The second-order valence-electron chi connectivity index (χ2n) is 7.10. The van der Waals surface area contributed by atoms with Crippen LogP contribution in [0.1, 0.15) is 51.4 Å². The number of allylic oxidation sites excluding steroid dienone is 5. The molecule has 0 amide bonds. The topological polar surface area (TPSA) is 72.8 Å². The van der Waals surface area contributed by atoms with Crippen molar-refractivity contribution in [3.63, 3.8) is 0 Å². The van der Waals surface area contributed by atoms with Crippen molar-refractivity contribution < 1.29 is 17.9 Å². The van der Waals surface area contributed by atoms with Crippen LogP contribution in [0.5, 0.6) is 0 Å². The lowest BCUT2D eigenvalue weighted by Gasteiger charge is -2.12. The fourth-order valence-corrected chi connectivity index (χ4v) is 4.94. The van der Waals surface area contributed by atoms with Gasteiger partial charge in [-0.1, -0.05) is 6.08 Å². The van der Waals surface area contributed by atoms with Gasteiger partial charge < -0.3 is 4.74 Å². The van der Waals surface area contributed by atoms with E-state index in [2.05, 4.69) is 10.9 Å². The lowest BCUT2D eigenvalue weighted by atomic mass is 9.98. The quantitative estimate of drug-likeness (QED) is 0.681. The Balaban J connectivity index is 1.51. The van der Waals surface area contributed by atoms with Crippen molar-refractivity contribution in [2.24, 2.45) is 10.9 Å². The minimum Gasteiger partial charge on any atom is -0.474 e. The van der Waals surface area contributed by atoms with Gasteiger partial charge >= 0.3 is 0 Å². The lowest BCUT2D eigenvalue weighted by Crippen LogP contribution is -2.08. The summed E-state index contributed by atoms with van der Waals surface area (Å²) < 4.78 is 28.7. The summed E-state index contributed by atoms with van der Waals surface area (Å²) in [6.07, 6.45) is 14.1. The molecule has 0 aromatic heterocycles. The molecule has 0 saturated heterocycles. The van der Waals surface area contributed by atoms with Gasteiger partial charge in [-0.2, -0.15) is 4.99 Å². The highest BCUT2D eigenvalue weighted by atomic mass is 32.2. The summed E-state index contributed by atoms with van der Waals surface area (Å²) in [5.74, 6) is 3.66. The zero-order chi connectivity index (χ0) is 18.4. The molecule has 0 bridgehead atoms. The van der Waals surface area contributed by atoms with Crippen molar-refractivity contribution in [3.05, 3.63) is 41.2 Å². The summed E-state index contributed by atoms with van der Waals surface area (Å²) in [6, 6.07) is 0. The molecule has 1 aliphatic carbocycles. The van der Waals surface area contributed by atoms with E-state index in [9.17, 15) is 13.2 Å². The molecule has 0 spiro atoms. The predicted octanol–water partition coefficient (Wildman–Crippen LogP) is 3.64. The maximum absolute atomic E-state index is 12.5. The Bertz CT molecular complexity index is 792. The minimum atomic E-state index is -3.01. The largest absolute Gasteiger partial charge is 0.474 e. The Labute approximate surface area is 155 Å². The number of carbonyl (C=O) groups excluding carboxylic acids is 1. The summed E-state index contributed by atoms with van der Waals surface area (Å²) in [4.78, 5) is 16.6. The monoisotopic (exact) mass is 375 g/mol. The van der Waals surface area contributed by atoms with Crippen molar-refractivity contribution in [2.45, 2.75) is 57.5 Å². The zero-order valence-corrected chi connectivity index (χ0v) is 15.7. The average Bonchev–Trinajstić information content (AvgIpc) is 3.19. The van der Waals surface area contributed by atoms with Crippen molar-refractivity contribution in [1.29, 1.82) is 0 Å². The van der Waals surface area contributed by atoms with E-state index >= 15 is 0 Å². The van der Waals surface area contributed by atoms with Crippen molar-refractivity contribution in [3.8, 4) is 0 Å². The molecule has 1 unspecified atom stereocenters. The first-order chi connectivity index (χ1) is 12.5. The lowest BCUT2D eigenvalue weighted by molar-refractivity contribution is -0.115. The number of carbonyl (C=O) groups is 1. The van der Waals surface area contributed by atoms with E-state index in [0.717, 1.165) is 24.8 Å². The Morgan fingerprint density at radius 3 is 2.81 bits per heavy atom. The van der Waals surface area contributed by atoms with E-state index in [-0.39, 0.29) is 23.6 Å². The van der Waals surface area contributed by atoms with Crippen LogP contribution in [0.2, 0.25) is 0 Å². The molecule has 6 heteroatoms. The molecule has 140 valence electrons. The fraction of sp³-hybridized carbons (Fsp3) is 0.550. The Kier molecular flexibility index (Phi) is 6.28. The van der Waals surface area contributed by atoms with Gasteiger partial charge in [-0.05, 0) is 68.0 Å². The van der Waals surface area contributed by atoms with E-state index in [1.807, 2.05) is 0 Å². The van der Waals surface area contributed by atoms with Gasteiger partial charge in [-0.15, -0.1) is 0 Å². The van der Waals surface area contributed by atoms with Gasteiger partial charge in [0.1, 0.15) is 6.10 Å². The van der Waals surface area contributed by atoms with Crippen molar-refractivity contribution >= 4 is 21.5 Å². The molecular weight excluding hydrogens is 350 g/mol. The van der Waals surface area contributed by atoms with E-state index in [1.165, 1.54) is 18.2 Å². The molecule has 5 nitrogen and oxygen atoms in total. The third-order valence-corrected chi connectivity index (χ3v) is 6.41. The van der Waals surface area contributed by atoms with E-state index in [0.29, 0.717) is 25.1 Å². The number of hydrogen-bond donors (Lipinski definition) is 0. The Hall–Kier alpha value is -1.91. The Morgan fingerprint density at radius 2 is 2.08 bits per heavy atom. The van der Waals surface area contributed by atoms with Crippen LogP contribution in [0.3, 0.4) is 0 Å². The molecule has 2 heterocycles. The first-order valence-electron chi connectivity index (χ1n) is 9.31. The van der Waals surface area contributed by atoms with Crippen LogP contribution < -0.4 is 0 Å². The van der Waals surface area contributed by atoms with Crippen molar-refractivity contribution in [1.82, 2.24) is 0 Å². The van der Waals surface area contributed by atoms with Crippen LogP contribution in [0, 0.1) is 5.92 Å². The van der Waals surface area contributed by atoms with Gasteiger partial charge in [0.2, 0.25) is 5.88 Å². The molecular formula is C20H25NO4S. The SMILES string of the molecule is O=C(CCCC1C=CS(=O)(=O)C1)/C1=C/C=C(/OC2CCCC2)N=C=CC1. The van der Waals surface area contributed by atoms with Gasteiger partial charge in [-0.3, -0.25) is 4.79 Å². The van der Waals surface area contributed by atoms with E-state index in [1.54, 1.807) is 24.3 Å². The standard InChI is InChI=1S/C20H25NO4S/c22-19(9-3-5-16-12-14-26(23,24)15-16)17-6-4-13-21-20(11-10-17)25-18-7-1-2-8-18/h4,10-12,14,16,18H,1-3,5-9,15H2/b17-10+,20-11+. The van der Waals surface area contributed by atoms with Crippen LogP contribution >= 0.6 is 0 Å². The van der Waals surface area contributed by atoms with Gasteiger partial charge in [0.25, 0.3) is 0 Å². The van der Waals surface area contributed by atoms with Crippen LogP contribution in [0.15, 0.2) is 46.2 Å². The van der Waals surface area contributed by atoms with Crippen LogP contribution in [0.4, 0.5) is 0 Å². The van der Waals surface area contributed by atoms with Gasteiger partial charge in [0.15, 0.2) is 15.6 Å². The summed E-state index contributed by atoms with van der Waals surface area (Å²) in [6.45, 7) is 0. The molecule has 0 aromatic rings. The predicted molar refractivity (Wildman–Crippen MR) is 101 cm³/mol. The molecule has 3 rings (SSSR count). The van der Waals surface area contributed by atoms with E-state index in [4.69, 9.17) is 4.74 Å². The number of nitrogens with zero attached hydrogens (tertiary/aromatic N) is 1. The molecule has 1 fully saturated rings. The first kappa shape index (κ1) is 18.9. The second-order valence-corrected chi connectivity index (χ2v) is 9.04. The summed E-state index contributed by atoms with van der Waals surface area (Å²) in [5, 5.41) is 1.29. The van der Waals surface area contributed by atoms with Crippen LogP contribution in [-0.4, -0.2) is 31.9 Å². The molecule has 3 aliphatic rings. The van der Waals surface area contributed by atoms with Gasteiger partial charge in [0, 0.05) is 24.3 Å². The zero-order valence-electron chi connectivity index (χ0n) is 14.9. The molecule has 0 radical (unpaired) electrons. The summed E-state index contributed by atoms with van der Waals surface area (Å²) in [7, 11) is -3.01. The first-order valence-corrected chi connectivity index (χ1v) is 11.0. The highest BCUT2D eigenvalue weighted by molar-refractivity contribution is 7.94. The molecule has 2 aliphatic heterocycles. The molecule has 1 atom stereocenters. The number of Topliss-reactive ketones (excluding diaryl/α,β-unsaturated/α-hetero) is 1. The number of hydrogen-bond acceptors (Lipinski definition) is 5. The Morgan fingerprint density at radius 1 is 1.27 bits per heavy atom. The third kappa shape index (κ3) is 5.55. The molecule has 0 N–H and O–H groups in total. The maximum Gasteiger partial charge on any atom is 0.221 e. The normalized spacial score (nSPS) is 28.8. The van der Waals surface area contributed by atoms with Crippen LogP contribution in [-0.2, 0) is 19.4 Å². The summed E-state index contributed by atoms with van der Waals surface area (Å²) in [5.41, 5.74) is 0.717. The molecule has 0 aromatic carbocycles. The van der Waals surface area contributed by atoms with E-state index < -0.39 is 9.84 Å². The summed E-state index contributed by atoms with van der Waals surface area (Å²) >= 11 is 0. The number of sulfone groups is 1. The smallest absolute Gasteiger partial charge is 0.221 e.